The number of sulfonamides is 1. The van der Waals surface area contributed by atoms with Crippen molar-refractivity contribution in [3.05, 3.63) is 65.2 Å². The first kappa shape index (κ1) is 17.0. The number of halogens is 2. The maximum Gasteiger partial charge on any atom is 0.335 e. The number of rotatable bonds is 5. The normalized spacial score (nSPS) is 12.8. The topological polar surface area (TPSA) is 83.5 Å². The fourth-order valence-electron chi connectivity index (χ4n) is 2.01. The van der Waals surface area contributed by atoms with Gasteiger partial charge in [-0.15, -0.1) is 0 Å². The Morgan fingerprint density at radius 3 is 2.52 bits per heavy atom. The smallest absolute Gasteiger partial charge is 0.335 e. The maximum atomic E-state index is 13.7. The molecule has 8 heteroatoms. The minimum Gasteiger partial charge on any atom is -0.478 e. The van der Waals surface area contributed by atoms with Gasteiger partial charge in [0, 0.05) is 11.6 Å². The van der Waals surface area contributed by atoms with Crippen LogP contribution in [0.15, 0.2) is 47.4 Å². The summed E-state index contributed by atoms with van der Waals surface area (Å²) in [6.45, 7) is 1.36. The standard InChI is InChI=1S/C15H13F2NO4S/c1-9(13-8-11(16)5-6-14(13)17)18-23(21,22)12-4-2-3-10(7-12)15(19)20/h2-9,18H,1H3,(H,19,20). The highest BCUT2D eigenvalue weighted by atomic mass is 32.2. The van der Waals surface area contributed by atoms with Crippen LogP contribution in [0.2, 0.25) is 0 Å². The highest BCUT2D eigenvalue weighted by Gasteiger charge is 2.21. The molecule has 0 spiro atoms. The predicted octanol–water partition coefficient (Wildman–Crippen LogP) is 2.70. The first-order valence-electron chi connectivity index (χ1n) is 6.51. The summed E-state index contributed by atoms with van der Waals surface area (Å²) in [5.74, 6) is -2.72. The second-order valence-corrected chi connectivity index (χ2v) is 6.56. The second kappa shape index (κ2) is 6.43. The molecule has 0 aromatic heterocycles. The zero-order valence-electron chi connectivity index (χ0n) is 12.0. The Labute approximate surface area is 131 Å². The average molecular weight is 341 g/mol. The molecule has 0 saturated carbocycles. The van der Waals surface area contributed by atoms with Crippen molar-refractivity contribution < 1.29 is 27.1 Å². The lowest BCUT2D eigenvalue weighted by Crippen LogP contribution is -2.27. The number of hydrogen-bond donors (Lipinski definition) is 2. The molecule has 122 valence electrons. The van der Waals surface area contributed by atoms with Crippen LogP contribution in [-0.4, -0.2) is 19.5 Å². The zero-order chi connectivity index (χ0) is 17.2. The zero-order valence-corrected chi connectivity index (χ0v) is 12.8. The van der Waals surface area contributed by atoms with Gasteiger partial charge in [-0.3, -0.25) is 0 Å². The van der Waals surface area contributed by atoms with Gasteiger partial charge in [0.25, 0.3) is 0 Å². The maximum absolute atomic E-state index is 13.7. The van der Waals surface area contributed by atoms with Gasteiger partial charge < -0.3 is 5.11 Å². The third-order valence-electron chi connectivity index (χ3n) is 3.15. The molecular formula is C15H13F2NO4S. The lowest BCUT2D eigenvalue weighted by molar-refractivity contribution is 0.0696. The van der Waals surface area contributed by atoms with E-state index in [0.29, 0.717) is 0 Å². The summed E-state index contributed by atoms with van der Waals surface area (Å²) in [5.41, 5.74) is -0.347. The summed E-state index contributed by atoms with van der Waals surface area (Å²) >= 11 is 0. The van der Waals surface area contributed by atoms with E-state index in [4.69, 9.17) is 5.11 Å². The third-order valence-corrected chi connectivity index (χ3v) is 4.69. The van der Waals surface area contributed by atoms with Gasteiger partial charge in [0.15, 0.2) is 0 Å². The Hall–Kier alpha value is -2.32. The summed E-state index contributed by atoms with van der Waals surface area (Å²) in [6.07, 6.45) is 0. The fraction of sp³-hybridized carbons (Fsp3) is 0.133. The minimum absolute atomic E-state index is 0.150. The van der Waals surface area contributed by atoms with Crippen LogP contribution in [0.25, 0.3) is 0 Å². The first-order chi connectivity index (χ1) is 10.7. The number of nitrogens with one attached hydrogen (secondary N) is 1. The van der Waals surface area contributed by atoms with Gasteiger partial charge in [-0.1, -0.05) is 6.07 Å². The van der Waals surface area contributed by atoms with Crippen molar-refractivity contribution in [2.45, 2.75) is 17.9 Å². The third kappa shape index (κ3) is 3.91. The summed E-state index contributed by atoms with van der Waals surface area (Å²) in [6, 6.07) is 6.42. The number of carboxylic acids is 1. The Morgan fingerprint density at radius 1 is 1.17 bits per heavy atom. The molecule has 2 N–H and O–H groups in total. The minimum atomic E-state index is -4.10. The van der Waals surface area contributed by atoms with Crippen LogP contribution in [0.3, 0.4) is 0 Å². The van der Waals surface area contributed by atoms with Crippen LogP contribution < -0.4 is 4.72 Å². The van der Waals surface area contributed by atoms with E-state index >= 15 is 0 Å². The van der Waals surface area contributed by atoms with E-state index in [-0.39, 0.29) is 16.0 Å². The fourth-order valence-corrected chi connectivity index (χ4v) is 3.28. The number of benzene rings is 2. The van der Waals surface area contributed by atoms with Crippen molar-refractivity contribution in [2.24, 2.45) is 0 Å². The van der Waals surface area contributed by atoms with Gasteiger partial charge in [0.1, 0.15) is 11.6 Å². The van der Waals surface area contributed by atoms with Gasteiger partial charge in [-0.05, 0) is 43.3 Å². The van der Waals surface area contributed by atoms with Gasteiger partial charge in [-0.2, -0.15) is 0 Å². The van der Waals surface area contributed by atoms with Gasteiger partial charge in [0.2, 0.25) is 10.0 Å². The van der Waals surface area contributed by atoms with Gasteiger partial charge in [-0.25, -0.2) is 26.7 Å². The monoisotopic (exact) mass is 341 g/mol. The van der Waals surface area contributed by atoms with Crippen molar-refractivity contribution in [1.29, 1.82) is 0 Å². The van der Waals surface area contributed by atoms with Crippen molar-refractivity contribution >= 4 is 16.0 Å². The van der Waals surface area contributed by atoms with Crippen molar-refractivity contribution in [3.8, 4) is 0 Å². The van der Waals surface area contributed by atoms with E-state index in [1.807, 2.05) is 0 Å². The first-order valence-corrected chi connectivity index (χ1v) is 7.99. The number of hydrogen-bond acceptors (Lipinski definition) is 3. The lowest BCUT2D eigenvalue weighted by Gasteiger charge is -2.15. The number of carbonyl (C=O) groups is 1. The molecule has 2 rings (SSSR count). The molecular weight excluding hydrogens is 328 g/mol. The second-order valence-electron chi connectivity index (χ2n) is 4.84. The van der Waals surface area contributed by atoms with E-state index in [9.17, 15) is 22.0 Å². The highest BCUT2D eigenvalue weighted by molar-refractivity contribution is 7.89. The highest BCUT2D eigenvalue weighted by Crippen LogP contribution is 2.21. The Balaban J connectivity index is 2.32. The quantitative estimate of drug-likeness (QED) is 0.876. The lowest BCUT2D eigenvalue weighted by atomic mass is 10.1. The SMILES string of the molecule is CC(NS(=O)(=O)c1cccc(C(=O)O)c1)c1cc(F)ccc1F. The van der Waals surface area contributed by atoms with E-state index in [0.717, 1.165) is 24.3 Å². The van der Waals surface area contributed by atoms with Crippen LogP contribution >= 0.6 is 0 Å². The molecule has 0 fully saturated rings. The van der Waals surface area contributed by atoms with Gasteiger partial charge in [0.05, 0.1) is 10.5 Å². The van der Waals surface area contributed by atoms with Crippen molar-refractivity contribution in [2.75, 3.05) is 0 Å². The molecule has 2 aromatic carbocycles. The summed E-state index contributed by atoms with van der Waals surface area (Å²) in [7, 11) is -4.10. The number of carboxylic acid groups (broad SMARTS) is 1. The van der Waals surface area contributed by atoms with E-state index in [2.05, 4.69) is 4.72 Å². The molecule has 0 aliphatic carbocycles. The van der Waals surface area contributed by atoms with Gasteiger partial charge >= 0.3 is 5.97 Å². The molecule has 1 unspecified atom stereocenters. The molecule has 1 atom stereocenters. The molecule has 0 amide bonds. The molecule has 0 aliphatic heterocycles. The molecule has 0 bridgehead atoms. The largest absolute Gasteiger partial charge is 0.478 e. The van der Waals surface area contributed by atoms with Crippen LogP contribution in [-0.2, 0) is 10.0 Å². The van der Waals surface area contributed by atoms with Crippen molar-refractivity contribution in [1.82, 2.24) is 4.72 Å². The van der Waals surface area contributed by atoms with Crippen LogP contribution in [0.1, 0.15) is 28.9 Å². The Morgan fingerprint density at radius 2 is 1.87 bits per heavy atom. The Bertz CT molecular complexity index is 852. The van der Waals surface area contributed by atoms with E-state index in [1.165, 1.54) is 25.1 Å². The Kier molecular flexibility index (Phi) is 4.76. The van der Waals surface area contributed by atoms with Crippen LogP contribution in [0.4, 0.5) is 8.78 Å². The van der Waals surface area contributed by atoms with E-state index in [1.54, 1.807) is 0 Å². The van der Waals surface area contributed by atoms with E-state index < -0.39 is 33.7 Å². The molecule has 5 nitrogen and oxygen atoms in total. The number of aromatic carboxylic acids is 1. The van der Waals surface area contributed by atoms with Crippen LogP contribution in [0.5, 0.6) is 0 Å². The molecule has 23 heavy (non-hydrogen) atoms. The molecule has 2 aromatic rings. The summed E-state index contributed by atoms with van der Waals surface area (Å²) in [5, 5.41) is 8.90. The van der Waals surface area contributed by atoms with Crippen LogP contribution in [0, 0.1) is 11.6 Å². The predicted molar refractivity (Wildman–Crippen MR) is 78.5 cm³/mol. The van der Waals surface area contributed by atoms with Crippen molar-refractivity contribution in [3.63, 3.8) is 0 Å². The molecule has 0 aliphatic rings. The molecule has 0 saturated heterocycles. The summed E-state index contributed by atoms with van der Waals surface area (Å²) < 4.78 is 53.6. The molecule has 0 heterocycles. The summed E-state index contributed by atoms with van der Waals surface area (Å²) in [4.78, 5) is 10.6. The average Bonchev–Trinajstić information content (AvgIpc) is 2.49. The molecule has 0 radical (unpaired) electrons.